The van der Waals surface area contributed by atoms with Gasteiger partial charge in [-0.1, -0.05) is 41.6 Å². The van der Waals surface area contributed by atoms with Gasteiger partial charge in [0.1, 0.15) is 18.5 Å². The van der Waals surface area contributed by atoms with Crippen LogP contribution in [0.5, 0.6) is 5.75 Å². The first-order valence-corrected chi connectivity index (χ1v) is 8.80. The maximum absolute atomic E-state index is 10.5. The number of hydrogen-bond donors (Lipinski definition) is 2. The Morgan fingerprint density at radius 2 is 1.48 bits per heavy atom. The molecule has 2 N–H and O–H groups in total. The standard InChI is InChI=1S/C22H20N2O3/c25-17(15-27-18-11-9-16(10-12-18)13-23-26)14-24-21-7-3-1-5-19(21)20-6-2-4-8-22(20)24/h1-13,17,25-26H,14-15H2/b23-13-. The van der Waals surface area contributed by atoms with Crippen molar-refractivity contribution in [2.45, 2.75) is 12.6 Å². The second-order valence-corrected chi connectivity index (χ2v) is 6.42. The van der Waals surface area contributed by atoms with Gasteiger partial charge in [-0.25, -0.2) is 0 Å². The second-order valence-electron chi connectivity index (χ2n) is 6.42. The molecule has 1 unspecified atom stereocenters. The van der Waals surface area contributed by atoms with E-state index in [2.05, 4.69) is 34.0 Å². The Kier molecular flexibility index (Phi) is 4.77. The number of para-hydroxylation sites is 2. The predicted octanol–water partition coefficient (Wildman–Crippen LogP) is 4.04. The van der Waals surface area contributed by atoms with Gasteiger partial charge in [0.25, 0.3) is 0 Å². The van der Waals surface area contributed by atoms with Crippen molar-refractivity contribution in [1.29, 1.82) is 0 Å². The quantitative estimate of drug-likeness (QED) is 0.310. The highest BCUT2D eigenvalue weighted by molar-refractivity contribution is 6.07. The lowest BCUT2D eigenvalue weighted by molar-refractivity contribution is 0.0945. The number of hydrogen-bond acceptors (Lipinski definition) is 4. The van der Waals surface area contributed by atoms with Crippen LogP contribution in [0.4, 0.5) is 0 Å². The molecule has 0 amide bonds. The van der Waals surface area contributed by atoms with Crippen molar-refractivity contribution >= 4 is 28.0 Å². The summed E-state index contributed by atoms with van der Waals surface area (Å²) in [5.74, 6) is 0.659. The van der Waals surface area contributed by atoms with Crippen LogP contribution in [-0.4, -0.2) is 33.8 Å². The molecule has 136 valence electrons. The third-order valence-electron chi connectivity index (χ3n) is 4.60. The van der Waals surface area contributed by atoms with Crippen molar-refractivity contribution in [3.05, 3.63) is 78.4 Å². The number of aromatic nitrogens is 1. The second kappa shape index (κ2) is 7.51. The van der Waals surface area contributed by atoms with E-state index in [1.54, 1.807) is 24.3 Å². The lowest BCUT2D eigenvalue weighted by Gasteiger charge is -2.15. The fraction of sp³-hybridized carbons (Fsp3) is 0.136. The molecule has 0 aliphatic heterocycles. The molecule has 0 bridgehead atoms. The van der Waals surface area contributed by atoms with Crippen LogP contribution >= 0.6 is 0 Å². The number of fused-ring (bicyclic) bond motifs is 3. The SMILES string of the molecule is O/N=C\c1ccc(OCC(O)Cn2c3ccccc3c3ccccc32)cc1. The van der Waals surface area contributed by atoms with E-state index in [-0.39, 0.29) is 6.61 Å². The van der Waals surface area contributed by atoms with E-state index >= 15 is 0 Å². The number of nitrogens with zero attached hydrogens (tertiary/aromatic N) is 2. The fourth-order valence-corrected chi connectivity index (χ4v) is 3.37. The molecule has 27 heavy (non-hydrogen) atoms. The zero-order valence-corrected chi connectivity index (χ0v) is 14.7. The monoisotopic (exact) mass is 360 g/mol. The first kappa shape index (κ1) is 17.1. The van der Waals surface area contributed by atoms with Gasteiger partial charge in [0, 0.05) is 21.8 Å². The normalized spacial score (nSPS) is 12.8. The highest BCUT2D eigenvalue weighted by atomic mass is 16.5. The molecule has 5 nitrogen and oxygen atoms in total. The minimum absolute atomic E-state index is 0.189. The summed E-state index contributed by atoms with van der Waals surface area (Å²) in [5, 5.41) is 24.4. The van der Waals surface area contributed by atoms with Crippen molar-refractivity contribution in [1.82, 2.24) is 4.57 Å². The Morgan fingerprint density at radius 3 is 2.07 bits per heavy atom. The summed E-state index contributed by atoms with van der Waals surface area (Å²) < 4.78 is 7.84. The van der Waals surface area contributed by atoms with Gasteiger partial charge in [0.2, 0.25) is 0 Å². The zero-order chi connectivity index (χ0) is 18.6. The summed E-state index contributed by atoms with van der Waals surface area (Å²) >= 11 is 0. The predicted molar refractivity (Wildman–Crippen MR) is 107 cm³/mol. The van der Waals surface area contributed by atoms with Crippen LogP contribution < -0.4 is 4.74 Å². The minimum Gasteiger partial charge on any atom is -0.491 e. The van der Waals surface area contributed by atoms with Crippen LogP contribution in [0.1, 0.15) is 5.56 Å². The summed E-state index contributed by atoms with van der Waals surface area (Å²) in [4.78, 5) is 0. The summed E-state index contributed by atoms with van der Waals surface area (Å²) in [6, 6.07) is 23.6. The van der Waals surface area contributed by atoms with Crippen LogP contribution in [-0.2, 0) is 6.54 Å². The summed E-state index contributed by atoms with van der Waals surface area (Å²) in [5.41, 5.74) is 2.98. The third-order valence-corrected chi connectivity index (χ3v) is 4.60. The Labute approximate surface area is 156 Å². The minimum atomic E-state index is -0.650. The van der Waals surface area contributed by atoms with Crippen LogP contribution in [0.3, 0.4) is 0 Å². The van der Waals surface area contributed by atoms with Crippen LogP contribution in [0.2, 0.25) is 0 Å². The number of benzene rings is 3. The van der Waals surface area contributed by atoms with Gasteiger partial charge in [-0.3, -0.25) is 0 Å². The van der Waals surface area contributed by atoms with Crippen molar-refractivity contribution in [2.75, 3.05) is 6.61 Å². The van der Waals surface area contributed by atoms with E-state index in [0.29, 0.717) is 12.3 Å². The number of ether oxygens (including phenoxy) is 1. The first-order chi connectivity index (χ1) is 13.3. The molecule has 0 radical (unpaired) electrons. The van der Waals surface area contributed by atoms with Crippen molar-refractivity contribution in [3.8, 4) is 5.75 Å². The molecule has 1 heterocycles. The summed E-state index contributed by atoms with van der Waals surface area (Å²) in [7, 11) is 0. The zero-order valence-electron chi connectivity index (χ0n) is 14.7. The van der Waals surface area contributed by atoms with Crippen LogP contribution in [0.15, 0.2) is 78.0 Å². The largest absolute Gasteiger partial charge is 0.491 e. The van der Waals surface area contributed by atoms with E-state index in [0.717, 1.165) is 16.6 Å². The molecule has 4 rings (SSSR count). The van der Waals surface area contributed by atoms with E-state index in [1.807, 2.05) is 24.3 Å². The lowest BCUT2D eigenvalue weighted by Crippen LogP contribution is -2.23. The number of aliphatic hydroxyl groups is 1. The van der Waals surface area contributed by atoms with Crippen LogP contribution in [0.25, 0.3) is 21.8 Å². The fourth-order valence-electron chi connectivity index (χ4n) is 3.37. The molecule has 1 atom stereocenters. The van der Waals surface area contributed by atoms with E-state index < -0.39 is 6.10 Å². The van der Waals surface area contributed by atoms with Crippen molar-refractivity contribution in [2.24, 2.45) is 5.16 Å². The summed E-state index contributed by atoms with van der Waals surface area (Å²) in [6.07, 6.45) is 0.698. The molecular formula is C22H20N2O3. The summed E-state index contributed by atoms with van der Waals surface area (Å²) in [6.45, 7) is 0.636. The van der Waals surface area contributed by atoms with Gasteiger partial charge in [-0.05, 0) is 42.0 Å². The molecule has 0 saturated heterocycles. The average molecular weight is 360 g/mol. The Bertz CT molecular complexity index is 1030. The van der Waals surface area contributed by atoms with Crippen molar-refractivity contribution < 1.29 is 15.1 Å². The molecule has 3 aromatic carbocycles. The highest BCUT2D eigenvalue weighted by Crippen LogP contribution is 2.28. The van der Waals surface area contributed by atoms with E-state index in [9.17, 15) is 5.11 Å². The Hall–Kier alpha value is -3.31. The van der Waals surface area contributed by atoms with Crippen LogP contribution in [0, 0.1) is 0 Å². The van der Waals surface area contributed by atoms with E-state index in [4.69, 9.17) is 9.94 Å². The number of rotatable bonds is 6. The molecule has 0 saturated carbocycles. The van der Waals surface area contributed by atoms with Gasteiger partial charge in [0.05, 0.1) is 12.8 Å². The van der Waals surface area contributed by atoms with Gasteiger partial charge in [0.15, 0.2) is 0 Å². The smallest absolute Gasteiger partial charge is 0.119 e. The molecule has 1 aromatic heterocycles. The van der Waals surface area contributed by atoms with Crippen molar-refractivity contribution in [3.63, 3.8) is 0 Å². The van der Waals surface area contributed by atoms with Gasteiger partial charge in [-0.15, -0.1) is 0 Å². The molecule has 0 spiro atoms. The van der Waals surface area contributed by atoms with Gasteiger partial charge >= 0.3 is 0 Å². The highest BCUT2D eigenvalue weighted by Gasteiger charge is 2.13. The topological polar surface area (TPSA) is 67.0 Å². The number of oxime groups is 1. The number of aliphatic hydroxyl groups excluding tert-OH is 1. The first-order valence-electron chi connectivity index (χ1n) is 8.80. The van der Waals surface area contributed by atoms with E-state index in [1.165, 1.54) is 17.0 Å². The molecule has 0 fully saturated rings. The molecule has 0 aliphatic carbocycles. The maximum atomic E-state index is 10.5. The molecule has 5 heteroatoms. The van der Waals surface area contributed by atoms with Gasteiger partial charge < -0.3 is 19.6 Å². The Balaban J connectivity index is 1.51. The Morgan fingerprint density at radius 1 is 0.889 bits per heavy atom. The molecule has 4 aromatic rings. The third kappa shape index (κ3) is 3.50. The lowest BCUT2D eigenvalue weighted by atomic mass is 10.2. The molecule has 0 aliphatic rings. The van der Waals surface area contributed by atoms with Gasteiger partial charge in [-0.2, -0.15) is 0 Å². The molecular weight excluding hydrogens is 340 g/mol. The average Bonchev–Trinajstić information content (AvgIpc) is 3.02. The maximum Gasteiger partial charge on any atom is 0.119 e.